The third-order valence-electron chi connectivity index (χ3n) is 4.71. The first-order valence-electron chi connectivity index (χ1n) is 8.26. The molecule has 2 fully saturated rings. The topological polar surface area (TPSA) is 58.4 Å². The van der Waals surface area contributed by atoms with E-state index in [1.807, 2.05) is 17.3 Å². The van der Waals surface area contributed by atoms with Crippen LogP contribution in [0.1, 0.15) is 44.5 Å². The third kappa shape index (κ3) is 3.00. The standard InChI is InChI=1S/C16H24N4O2/c1-2-14-17-7-10-20(14)13-5-3-8-18(11-13)16(22)12-19-9-4-6-15(19)21/h7,10,13H,2-6,8-9,11-12H2,1H3/t13-/m1/s1. The van der Waals surface area contributed by atoms with Gasteiger partial charge in [-0.3, -0.25) is 9.59 Å². The van der Waals surface area contributed by atoms with Gasteiger partial charge in [-0.1, -0.05) is 6.92 Å². The van der Waals surface area contributed by atoms with Gasteiger partial charge in [0, 0.05) is 44.9 Å². The van der Waals surface area contributed by atoms with E-state index in [-0.39, 0.29) is 18.4 Å². The van der Waals surface area contributed by atoms with E-state index in [0.717, 1.165) is 51.1 Å². The van der Waals surface area contributed by atoms with Gasteiger partial charge in [-0.05, 0) is 19.3 Å². The first-order valence-corrected chi connectivity index (χ1v) is 8.26. The summed E-state index contributed by atoms with van der Waals surface area (Å²) in [6, 6.07) is 0.310. The van der Waals surface area contributed by atoms with Crippen LogP contribution in [0.2, 0.25) is 0 Å². The lowest BCUT2D eigenvalue weighted by molar-refractivity contribution is -0.139. The second kappa shape index (κ2) is 6.50. The molecule has 2 aliphatic rings. The Labute approximate surface area is 131 Å². The van der Waals surface area contributed by atoms with Crippen molar-refractivity contribution in [1.29, 1.82) is 0 Å². The molecule has 3 rings (SSSR count). The molecule has 120 valence electrons. The van der Waals surface area contributed by atoms with Gasteiger partial charge >= 0.3 is 0 Å². The fourth-order valence-corrected chi connectivity index (χ4v) is 3.49. The molecule has 1 atom stereocenters. The van der Waals surface area contributed by atoms with Crippen LogP contribution in [0, 0.1) is 0 Å². The van der Waals surface area contributed by atoms with Crippen LogP contribution in [0.25, 0.3) is 0 Å². The fourth-order valence-electron chi connectivity index (χ4n) is 3.49. The molecule has 1 aromatic heterocycles. The van der Waals surface area contributed by atoms with Crippen molar-refractivity contribution in [2.75, 3.05) is 26.2 Å². The summed E-state index contributed by atoms with van der Waals surface area (Å²) in [6.07, 6.45) is 8.31. The van der Waals surface area contributed by atoms with Crippen LogP contribution in [-0.2, 0) is 16.0 Å². The van der Waals surface area contributed by atoms with Gasteiger partial charge in [0.1, 0.15) is 5.82 Å². The fraction of sp³-hybridized carbons (Fsp3) is 0.688. The van der Waals surface area contributed by atoms with E-state index in [1.54, 1.807) is 4.90 Å². The lowest BCUT2D eigenvalue weighted by Gasteiger charge is -2.35. The number of nitrogens with zero attached hydrogens (tertiary/aromatic N) is 4. The highest BCUT2D eigenvalue weighted by molar-refractivity contribution is 5.85. The zero-order valence-electron chi connectivity index (χ0n) is 13.2. The van der Waals surface area contributed by atoms with Gasteiger partial charge in [0.15, 0.2) is 0 Å². The van der Waals surface area contributed by atoms with Gasteiger partial charge in [-0.15, -0.1) is 0 Å². The molecule has 2 saturated heterocycles. The van der Waals surface area contributed by atoms with Crippen LogP contribution in [0.5, 0.6) is 0 Å². The number of hydrogen-bond acceptors (Lipinski definition) is 3. The molecule has 0 spiro atoms. The first-order chi connectivity index (χ1) is 10.7. The molecule has 0 N–H and O–H groups in total. The molecule has 0 bridgehead atoms. The van der Waals surface area contributed by atoms with Crippen LogP contribution in [0.15, 0.2) is 12.4 Å². The summed E-state index contributed by atoms with van der Waals surface area (Å²) in [7, 11) is 0. The van der Waals surface area contributed by atoms with Gasteiger partial charge in [-0.2, -0.15) is 0 Å². The number of piperidine rings is 1. The lowest BCUT2D eigenvalue weighted by atomic mass is 10.1. The normalized spacial score (nSPS) is 22.4. The Morgan fingerprint density at radius 3 is 2.95 bits per heavy atom. The Bertz CT molecular complexity index is 554. The predicted molar refractivity (Wildman–Crippen MR) is 82.3 cm³/mol. The average Bonchev–Trinajstić information content (AvgIpc) is 3.16. The van der Waals surface area contributed by atoms with E-state index in [0.29, 0.717) is 12.5 Å². The molecule has 2 aliphatic heterocycles. The highest BCUT2D eigenvalue weighted by Crippen LogP contribution is 2.23. The van der Waals surface area contributed by atoms with Crippen molar-refractivity contribution in [3.8, 4) is 0 Å². The van der Waals surface area contributed by atoms with Crippen molar-refractivity contribution in [2.45, 2.75) is 45.1 Å². The number of likely N-dealkylation sites (tertiary alicyclic amines) is 2. The van der Waals surface area contributed by atoms with Crippen LogP contribution in [0.4, 0.5) is 0 Å². The Balaban J connectivity index is 1.62. The number of aromatic nitrogens is 2. The Hall–Kier alpha value is -1.85. The minimum atomic E-state index is 0.0816. The second-order valence-electron chi connectivity index (χ2n) is 6.16. The van der Waals surface area contributed by atoms with Crippen LogP contribution < -0.4 is 0 Å². The molecule has 0 aliphatic carbocycles. The highest BCUT2D eigenvalue weighted by Gasteiger charge is 2.29. The number of hydrogen-bond donors (Lipinski definition) is 0. The Kier molecular flexibility index (Phi) is 4.45. The van der Waals surface area contributed by atoms with Crippen LogP contribution >= 0.6 is 0 Å². The molecular weight excluding hydrogens is 280 g/mol. The SMILES string of the molecule is CCc1nccn1[C@@H]1CCCN(C(=O)CN2CCCC2=O)C1. The summed E-state index contributed by atoms with van der Waals surface area (Å²) in [5, 5.41) is 0. The maximum absolute atomic E-state index is 12.5. The van der Waals surface area contributed by atoms with Crippen molar-refractivity contribution < 1.29 is 9.59 Å². The number of aryl methyl sites for hydroxylation is 1. The summed E-state index contributed by atoms with van der Waals surface area (Å²) in [5.41, 5.74) is 0. The minimum absolute atomic E-state index is 0.0816. The number of rotatable bonds is 4. The van der Waals surface area contributed by atoms with Gasteiger partial charge < -0.3 is 14.4 Å². The molecule has 6 heteroatoms. The summed E-state index contributed by atoms with van der Waals surface area (Å²) < 4.78 is 2.21. The van der Waals surface area contributed by atoms with Crippen molar-refractivity contribution in [3.63, 3.8) is 0 Å². The maximum atomic E-state index is 12.5. The van der Waals surface area contributed by atoms with Gasteiger partial charge in [-0.25, -0.2) is 4.98 Å². The number of carbonyl (C=O) groups is 2. The number of carbonyl (C=O) groups excluding carboxylic acids is 2. The van der Waals surface area contributed by atoms with Gasteiger partial charge in [0.05, 0.1) is 12.6 Å². The van der Waals surface area contributed by atoms with Crippen molar-refractivity contribution >= 4 is 11.8 Å². The monoisotopic (exact) mass is 304 g/mol. The Morgan fingerprint density at radius 1 is 1.36 bits per heavy atom. The smallest absolute Gasteiger partial charge is 0.242 e. The minimum Gasteiger partial charge on any atom is -0.339 e. The van der Waals surface area contributed by atoms with Crippen LogP contribution in [-0.4, -0.2) is 57.3 Å². The van der Waals surface area contributed by atoms with Crippen molar-refractivity contribution in [2.24, 2.45) is 0 Å². The third-order valence-corrected chi connectivity index (χ3v) is 4.71. The Morgan fingerprint density at radius 2 is 2.23 bits per heavy atom. The van der Waals surface area contributed by atoms with Gasteiger partial charge in [0.2, 0.25) is 11.8 Å². The van der Waals surface area contributed by atoms with E-state index in [1.165, 1.54) is 0 Å². The maximum Gasteiger partial charge on any atom is 0.242 e. The molecule has 0 radical (unpaired) electrons. The summed E-state index contributed by atoms with van der Waals surface area (Å²) in [4.78, 5) is 32.1. The average molecular weight is 304 g/mol. The zero-order valence-corrected chi connectivity index (χ0v) is 13.2. The molecular formula is C16H24N4O2. The molecule has 0 unspecified atom stereocenters. The van der Waals surface area contributed by atoms with E-state index in [2.05, 4.69) is 16.5 Å². The van der Waals surface area contributed by atoms with E-state index >= 15 is 0 Å². The van der Waals surface area contributed by atoms with Crippen LogP contribution in [0.3, 0.4) is 0 Å². The van der Waals surface area contributed by atoms with Crippen molar-refractivity contribution in [3.05, 3.63) is 18.2 Å². The summed E-state index contributed by atoms with van der Waals surface area (Å²) >= 11 is 0. The molecule has 0 saturated carbocycles. The largest absolute Gasteiger partial charge is 0.339 e. The van der Waals surface area contributed by atoms with E-state index in [9.17, 15) is 9.59 Å². The molecule has 6 nitrogen and oxygen atoms in total. The second-order valence-corrected chi connectivity index (χ2v) is 6.16. The zero-order chi connectivity index (χ0) is 15.5. The number of amides is 2. The first kappa shape index (κ1) is 15.1. The van der Waals surface area contributed by atoms with E-state index in [4.69, 9.17) is 0 Å². The molecule has 22 heavy (non-hydrogen) atoms. The highest BCUT2D eigenvalue weighted by atomic mass is 16.2. The van der Waals surface area contributed by atoms with Crippen molar-refractivity contribution in [1.82, 2.24) is 19.4 Å². The summed E-state index contributed by atoms with van der Waals surface area (Å²) in [5.74, 6) is 1.27. The van der Waals surface area contributed by atoms with E-state index < -0.39 is 0 Å². The number of imidazole rings is 1. The molecule has 3 heterocycles. The lowest BCUT2D eigenvalue weighted by Crippen LogP contribution is -2.45. The molecule has 2 amide bonds. The summed E-state index contributed by atoms with van der Waals surface area (Å²) in [6.45, 7) is 4.60. The molecule has 0 aromatic carbocycles. The quantitative estimate of drug-likeness (QED) is 0.840. The molecule has 1 aromatic rings. The van der Waals surface area contributed by atoms with Gasteiger partial charge in [0.25, 0.3) is 0 Å². The predicted octanol–water partition coefficient (Wildman–Crippen LogP) is 1.23.